The third-order valence-corrected chi connectivity index (χ3v) is 5.20. The minimum Gasteiger partial charge on any atom is -0.315 e. The van der Waals surface area contributed by atoms with Crippen LogP contribution in [0.4, 0.5) is 0 Å². The van der Waals surface area contributed by atoms with Crippen molar-refractivity contribution >= 4 is 0 Å². The third-order valence-electron chi connectivity index (χ3n) is 5.20. The van der Waals surface area contributed by atoms with Crippen LogP contribution in [-0.2, 0) is 7.05 Å². The second-order valence-electron chi connectivity index (χ2n) is 6.25. The summed E-state index contributed by atoms with van der Waals surface area (Å²) >= 11 is 0. The first-order valence-corrected chi connectivity index (χ1v) is 7.56. The Labute approximate surface area is 116 Å². The first kappa shape index (κ1) is 13.1. The van der Waals surface area contributed by atoms with Crippen LogP contribution in [0, 0.1) is 19.8 Å². The van der Waals surface area contributed by atoms with E-state index in [0.717, 1.165) is 18.5 Å². The van der Waals surface area contributed by atoms with E-state index in [4.69, 9.17) is 0 Å². The van der Waals surface area contributed by atoms with E-state index in [1.807, 2.05) is 4.68 Å². The van der Waals surface area contributed by atoms with Gasteiger partial charge in [0.2, 0.25) is 0 Å². The van der Waals surface area contributed by atoms with Crippen molar-refractivity contribution < 1.29 is 0 Å². The Morgan fingerprint density at radius 3 is 2.79 bits per heavy atom. The fourth-order valence-corrected chi connectivity index (χ4v) is 4.14. The molecular weight excluding hydrogens is 236 g/mol. The zero-order valence-electron chi connectivity index (χ0n) is 12.6. The number of aromatic nitrogens is 2. The zero-order chi connectivity index (χ0) is 13.6. The van der Waals surface area contributed by atoms with Gasteiger partial charge in [-0.25, -0.2) is 0 Å². The van der Waals surface area contributed by atoms with E-state index < -0.39 is 0 Å². The van der Waals surface area contributed by atoms with Gasteiger partial charge in [-0.1, -0.05) is 0 Å². The van der Waals surface area contributed by atoms with Gasteiger partial charge in [-0.05, 0) is 52.6 Å². The summed E-state index contributed by atoms with van der Waals surface area (Å²) in [5.41, 5.74) is 3.95. The van der Waals surface area contributed by atoms with E-state index in [1.165, 1.54) is 42.9 Å². The SMILES string of the molecule is Cc1nn(C)c(C)c1C(C)N1CCCC2CNCC21. The highest BCUT2D eigenvalue weighted by Gasteiger charge is 2.38. The second kappa shape index (κ2) is 4.91. The predicted octanol–water partition coefficient (Wildman–Crippen LogP) is 1.78. The van der Waals surface area contributed by atoms with Gasteiger partial charge >= 0.3 is 0 Å². The van der Waals surface area contributed by atoms with Crippen molar-refractivity contribution in [3.8, 4) is 0 Å². The number of hydrogen-bond donors (Lipinski definition) is 1. The van der Waals surface area contributed by atoms with Crippen LogP contribution < -0.4 is 5.32 Å². The summed E-state index contributed by atoms with van der Waals surface area (Å²) in [6.45, 7) is 10.3. The van der Waals surface area contributed by atoms with Gasteiger partial charge in [-0.2, -0.15) is 5.10 Å². The first-order chi connectivity index (χ1) is 9.09. The predicted molar refractivity (Wildman–Crippen MR) is 77.2 cm³/mol. The van der Waals surface area contributed by atoms with Gasteiger partial charge in [0.1, 0.15) is 0 Å². The Hall–Kier alpha value is -0.870. The third kappa shape index (κ3) is 2.11. The largest absolute Gasteiger partial charge is 0.315 e. The molecule has 2 saturated heterocycles. The number of likely N-dealkylation sites (tertiary alicyclic amines) is 1. The molecule has 3 unspecified atom stereocenters. The minimum atomic E-state index is 0.487. The highest BCUT2D eigenvalue weighted by Crippen LogP contribution is 2.35. The van der Waals surface area contributed by atoms with Crippen LogP contribution in [0.25, 0.3) is 0 Å². The number of aryl methyl sites for hydroxylation is 2. The number of hydrogen-bond acceptors (Lipinski definition) is 3. The fraction of sp³-hybridized carbons (Fsp3) is 0.800. The maximum Gasteiger partial charge on any atom is 0.0644 e. The summed E-state index contributed by atoms with van der Waals surface area (Å²) in [7, 11) is 2.05. The van der Waals surface area contributed by atoms with Crippen LogP contribution in [0.1, 0.15) is 42.8 Å². The Morgan fingerprint density at radius 1 is 1.32 bits per heavy atom. The van der Waals surface area contributed by atoms with Gasteiger partial charge in [0, 0.05) is 36.9 Å². The van der Waals surface area contributed by atoms with Crippen molar-refractivity contribution in [3.63, 3.8) is 0 Å². The molecule has 0 saturated carbocycles. The average molecular weight is 262 g/mol. The van der Waals surface area contributed by atoms with Crippen LogP contribution in [0.5, 0.6) is 0 Å². The lowest BCUT2D eigenvalue weighted by molar-refractivity contribution is 0.0841. The highest BCUT2D eigenvalue weighted by molar-refractivity contribution is 5.28. The monoisotopic (exact) mass is 262 g/mol. The molecule has 1 aromatic heterocycles. The molecule has 19 heavy (non-hydrogen) atoms. The van der Waals surface area contributed by atoms with Gasteiger partial charge in [-0.15, -0.1) is 0 Å². The Bertz CT molecular complexity index is 465. The molecular formula is C15H26N4. The molecule has 0 amide bonds. The molecule has 4 nitrogen and oxygen atoms in total. The lowest BCUT2D eigenvalue weighted by atomic mass is 9.89. The van der Waals surface area contributed by atoms with Gasteiger partial charge in [0.25, 0.3) is 0 Å². The molecule has 1 N–H and O–H groups in total. The summed E-state index contributed by atoms with van der Waals surface area (Å²) in [5, 5.41) is 8.16. The highest BCUT2D eigenvalue weighted by atomic mass is 15.3. The number of rotatable bonds is 2. The number of piperidine rings is 1. The summed E-state index contributed by atoms with van der Waals surface area (Å²) in [6, 6.07) is 1.21. The van der Waals surface area contributed by atoms with Crippen molar-refractivity contribution in [2.24, 2.45) is 13.0 Å². The summed E-state index contributed by atoms with van der Waals surface area (Å²) in [5.74, 6) is 0.855. The van der Waals surface area contributed by atoms with E-state index in [1.54, 1.807) is 0 Å². The summed E-state index contributed by atoms with van der Waals surface area (Å²) in [4.78, 5) is 2.71. The van der Waals surface area contributed by atoms with Gasteiger partial charge in [0.05, 0.1) is 5.69 Å². The smallest absolute Gasteiger partial charge is 0.0644 e. The quantitative estimate of drug-likeness (QED) is 0.882. The van der Waals surface area contributed by atoms with Crippen molar-refractivity contribution in [2.45, 2.75) is 45.7 Å². The molecule has 4 heteroatoms. The van der Waals surface area contributed by atoms with Crippen molar-refractivity contribution in [1.29, 1.82) is 0 Å². The van der Waals surface area contributed by atoms with Crippen LogP contribution in [0.15, 0.2) is 0 Å². The van der Waals surface area contributed by atoms with Crippen molar-refractivity contribution in [3.05, 3.63) is 17.0 Å². The molecule has 3 rings (SSSR count). The molecule has 0 aromatic carbocycles. The molecule has 0 spiro atoms. The fourth-order valence-electron chi connectivity index (χ4n) is 4.14. The molecule has 3 heterocycles. The molecule has 1 aromatic rings. The summed E-state index contributed by atoms with van der Waals surface area (Å²) < 4.78 is 2.02. The minimum absolute atomic E-state index is 0.487. The van der Waals surface area contributed by atoms with E-state index in [-0.39, 0.29) is 0 Å². The zero-order valence-corrected chi connectivity index (χ0v) is 12.6. The normalized spacial score (nSPS) is 29.5. The second-order valence-corrected chi connectivity index (χ2v) is 6.25. The molecule has 106 valence electrons. The van der Waals surface area contributed by atoms with E-state index in [9.17, 15) is 0 Å². The van der Waals surface area contributed by atoms with Gasteiger partial charge in [0.15, 0.2) is 0 Å². The van der Waals surface area contributed by atoms with E-state index in [2.05, 4.69) is 43.1 Å². The molecule has 0 aliphatic carbocycles. The number of nitrogens with zero attached hydrogens (tertiary/aromatic N) is 3. The average Bonchev–Trinajstić information content (AvgIpc) is 2.94. The summed E-state index contributed by atoms with van der Waals surface area (Å²) in [6.07, 6.45) is 2.73. The molecule has 2 aliphatic rings. The molecule has 0 radical (unpaired) electrons. The Kier molecular flexibility index (Phi) is 3.39. The Balaban J connectivity index is 1.88. The molecule has 2 aliphatic heterocycles. The Morgan fingerprint density at radius 2 is 2.11 bits per heavy atom. The van der Waals surface area contributed by atoms with Crippen LogP contribution in [0.2, 0.25) is 0 Å². The van der Waals surface area contributed by atoms with Gasteiger partial charge < -0.3 is 5.32 Å². The lowest BCUT2D eigenvalue weighted by Crippen LogP contribution is -2.46. The molecule has 2 fully saturated rings. The first-order valence-electron chi connectivity index (χ1n) is 7.56. The van der Waals surface area contributed by atoms with E-state index >= 15 is 0 Å². The van der Waals surface area contributed by atoms with E-state index in [0.29, 0.717) is 6.04 Å². The van der Waals surface area contributed by atoms with Gasteiger partial charge in [-0.3, -0.25) is 9.58 Å². The maximum absolute atomic E-state index is 4.59. The van der Waals surface area contributed by atoms with Crippen LogP contribution in [0.3, 0.4) is 0 Å². The number of fused-ring (bicyclic) bond motifs is 1. The maximum atomic E-state index is 4.59. The topological polar surface area (TPSA) is 33.1 Å². The molecule has 0 bridgehead atoms. The van der Waals surface area contributed by atoms with Crippen molar-refractivity contribution in [1.82, 2.24) is 20.0 Å². The van der Waals surface area contributed by atoms with Crippen LogP contribution in [-0.4, -0.2) is 40.4 Å². The lowest BCUT2D eigenvalue weighted by Gasteiger charge is -2.41. The standard InChI is InChI=1S/C15H26N4/c1-10-15(11(2)18(4)17-10)12(3)19-7-5-6-13-8-16-9-14(13)19/h12-14,16H,5-9H2,1-4H3. The number of nitrogens with one attached hydrogen (secondary N) is 1. The van der Waals surface area contributed by atoms with Crippen molar-refractivity contribution in [2.75, 3.05) is 19.6 Å². The van der Waals surface area contributed by atoms with Crippen LogP contribution >= 0.6 is 0 Å². The molecule has 3 atom stereocenters.